The number of aromatic amines is 1. The SMILES string of the molecule is Cc1cc(-c2cccc(S(C)(=O)=O)c2)cnc1-n1c(CC(CN)=C(F)F)n[nH]c1=O.O=C(O)C(F)(F)F. The van der Waals surface area contributed by atoms with Crippen LogP contribution >= 0.6 is 0 Å². The van der Waals surface area contributed by atoms with E-state index < -0.39 is 33.8 Å². The molecule has 16 heteroatoms. The molecule has 37 heavy (non-hydrogen) atoms. The minimum absolute atomic E-state index is 0.0515. The lowest BCUT2D eigenvalue weighted by atomic mass is 10.1. The number of H-pyrrole nitrogens is 1. The van der Waals surface area contributed by atoms with Gasteiger partial charge in [-0.1, -0.05) is 12.1 Å². The molecule has 0 aliphatic rings. The fraction of sp³-hybridized carbons (Fsp3) is 0.238. The Balaban J connectivity index is 0.000000604. The fourth-order valence-electron chi connectivity index (χ4n) is 2.94. The van der Waals surface area contributed by atoms with E-state index in [0.29, 0.717) is 16.7 Å². The number of benzene rings is 1. The number of aromatic nitrogens is 4. The van der Waals surface area contributed by atoms with Crippen LogP contribution in [0.1, 0.15) is 11.4 Å². The zero-order chi connectivity index (χ0) is 28.1. The first-order valence-corrected chi connectivity index (χ1v) is 11.9. The lowest BCUT2D eigenvalue weighted by Crippen LogP contribution is -2.21. The molecule has 0 fully saturated rings. The predicted octanol–water partition coefficient (Wildman–Crippen LogP) is 2.62. The summed E-state index contributed by atoms with van der Waals surface area (Å²) in [6, 6.07) is 8.12. The Labute approximate surface area is 206 Å². The minimum Gasteiger partial charge on any atom is -0.475 e. The van der Waals surface area contributed by atoms with Crippen LogP contribution in [0.3, 0.4) is 0 Å². The summed E-state index contributed by atoms with van der Waals surface area (Å²) in [5.41, 5.74) is 6.24. The molecule has 3 aromatic rings. The molecule has 2 heterocycles. The van der Waals surface area contributed by atoms with Gasteiger partial charge < -0.3 is 10.8 Å². The number of nitrogens with one attached hydrogen (secondary N) is 1. The van der Waals surface area contributed by atoms with Crippen molar-refractivity contribution >= 4 is 15.8 Å². The number of halogens is 5. The summed E-state index contributed by atoms with van der Waals surface area (Å²) in [6.45, 7) is 1.33. The number of nitrogens with two attached hydrogens (primary N) is 1. The maximum absolute atomic E-state index is 13.0. The van der Waals surface area contributed by atoms with E-state index in [1.165, 1.54) is 18.3 Å². The highest BCUT2D eigenvalue weighted by Gasteiger charge is 2.38. The summed E-state index contributed by atoms with van der Waals surface area (Å²) in [4.78, 5) is 25.6. The Hall–Kier alpha value is -3.92. The number of alkyl halides is 3. The number of rotatable bonds is 6. The van der Waals surface area contributed by atoms with Gasteiger partial charge in [-0.3, -0.25) is 0 Å². The molecule has 0 radical (unpaired) electrons. The summed E-state index contributed by atoms with van der Waals surface area (Å²) >= 11 is 0. The van der Waals surface area contributed by atoms with E-state index in [1.54, 1.807) is 25.1 Å². The van der Waals surface area contributed by atoms with Crippen LogP contribution in [0.2, 0.25) is 0 Å². The normalized spacial score (nSPS) is 11.5. The zero-order valence-electron chi connectivity index (χ0n) is 19.2. The van der Waals surface area contributed by atoms with Gasteiger partial charge in [-0.05, 0) is 36.2 Å². The molecule has 4 N–H and O–H groups in total. The minimum atomic E-state index is -5.08. The molecule has 2 aromatic heterocycles. The number of pyridine rings is 1. The van der Waals surface area contributed by atoms with Crippen LogP contribution in [0, 0.1) is 6.92 Å². The third-order valence-corrected chi connectivity index (χ3v) is 5.84. The molecule has 0 bridgehead atoms. The van der Waals surface area contributed by atoms with Gasteiger partial charge in [0.05, 0.1) is 4.90 Å². The second kappa shape index (κ2) is 11.4. The van der Waals surface area contributed by atoms with Crippen molar-refractivity contribution in [1.82, 2.24) is 19.7 Å². The van der Waals surface area contributed by atoms with Gasteiger partial charge in [0.1, 0.15) is 11.6 Å². The Bertz CT molecular complexity index is 1490. The van der Waals surface area contributed by atoms with Gasteiger partial charge in [0.25, 0.3) is 6.08 Å². The average Bonchev–Trinajstić information content (AvgIpc) is 3.16. The van der Waals surface area contributed by atoms with Gasteiger partial charge in [-0.25, -0.2) is 32.7 Å². The van der Waals surface area contributed by atoms with Crippen molar-refractivity contribution in [3.05, 3.63) is 70.1 Å². The van der Waals surface area contributed by atoms with Crippen molar-refractivity contribution in [1.29, 1.82) is 0 Å². The lowest BCUT2D eigenvalue weighted by molar-refractivity contribution is -0.192. The molecule has 0 unspecified atom stereocenters. The van der Waals surface area contributed by atoms with Crippen LogP contribution in [0.15, 0.2) is 57.9 Å². The first-order chi connectivity index (χ1) is 17.1. The number of aliphatic carboxylic acids is 1. The third kappa shape index (κ3) is 7.53. The molecule has 200 valence electrons. The standard InChI is InChI=1S/C19H19F2N5O3S.C2HF3O2/c1-11-6-14(12-4-3-5-15(7-12)30(2,28)29)10-23-18(11)26-16(24-25-19(26)27)8-13(9-22)17(20)21;3-2(4,5)1(6)7/h3-7,10H,8-9,22H2,1-2H3,(H,25,27);(H,6,7). The van der Waals surface area contributed by atoms with Crippen LogP contribution in [-0.2, 0) is 21.1 Å². The molecule has 3 rings (SSSR count). The highest BCUT2D eigenvalue weighted by atomic mass is 32.2. The maximum atomic E-state index is 13.0. The Morgan fingerprint density at radius 2 is 1.81 bits per heavy atom. The number of hydrogen-bond acceptors (Lipinski definition) is 7. The molecular weight excluding hydrogens is 529 g/mol. The number of aryl methyl sites for hydroxylation is 1. The summed E-state index contributed by atoms with van der Waals surface area (Å²) in [7, 11) is -3.37. The van der Waals surface area contributed by atoms with Gasteiger partial charge in [-0.2, -0.15) is 27.1 Å². The first-order valence-electron chi connectivity index (χ1n) is 10.0. The van der Waals surface area contributed by atoms with E-state index in [2.05, 4.69) is 15.2 Å². The van der Waals surface area contributed by atoms with Crippen LogP contribution < -0.4 is 11.4 Å². The van der Waals surface area contributed by atoms with Crippen molar-refractivity contribution in [3.63, 3.8) is 0 Å². The highest BCUT2D eigenvalue weighted by Crippen LogP contribution is 2.25. The number of sulfone groups is 1. The number of carboxylic acids is 1. The van der Waals surface area contributed by atoms with Gasteiger partial charge in [0, 0.05) is 36.6 Å². The van der Waals surface area contributed by atoms with Crippen LogP contribution in [0.5, 0.6) is 0 Å². The second-order valence-electron chi connectivity index (χ2n) is 7.49. The summed E-state index contributed by atoms with van der Waals surface area (Å²) in [6.07, 6.45) is -4.71. The van der Waals surface area contributed by atoms with Crippen molar-refractivity contribution in [2.24, 2.45) is 5.73 Å². The van der Waals surface area contributed by atoms with Gasteiger partial charge in [0.15, 0.2) is 9.84 Å². The molecule has 0 aliphatic carbocycles. The lowest BCUT2D eigenvalue weighted by Gasteiger charge is -2.11. The van der Waals surface area contributed by atoms with E-state index in [1.807, 2.05) is 0 Å². The molecule has 0 aliphatic heterocycles. The highest BCUT2D eigenvalue weighted by molar-refractivity contribution is 7.90. The van der Waals surface area contributed by atoms with Crippen LogP contribution in [0.25, 0.3) is 16.9 Å². The molecule has 1 aromatic carbocycles. The predicted molar refractivity (Wildman–Crippen MR) is 121 cm³/mol. The summed E-state index contributed by atoms with van der Waals surface area (Å²) in [5, 5.41) is 13.2. The fourth-order valence-corrected chi connectivity index (χ4v) is 3.61. The second-order valence-corrected chi connectivity index (χ2v) is 9.51. The van der Waals surface area contributed by atoms with Crippen molar-refractivity contribution < 1.29 is 40.3 Å². The Morgan fingerprint density at radius 3 is 2.30 bits per heavy atom. The van der Waals surface area contributed by atoms with Crippen molar-refractivity contribution in [2.75, 3.05) is 12.8 Å². The first kappa shape index (κ1) is 29.3. The van der Waals surface area contributed by atoms with E-state index in [-0.39, 0.29) is 35.1 Å². The molecule has 0 saturated heterocycles. The number of nitrogens with zero attached hydrogens (tertiary/aromatic N) is 3. The number of carbonyl (C=O) groups is 1. The quantitative estimate of drug-likeness (QED) is 0.396. The molecule has 0 spiro atoms. The van der Waals surface area contributed by atoms with Crippen molar-refractivity contribution in [3.8, 4) is 16.9 Å². The number of carboxylic acid groups (broad SMARTS) is 1. The van der Waals surface area contributed by atoms with Gasteiger partial charge in [-0.15, -0.1) is 0 Å². The number of hydrogen-bond donors (Lipinski definition) is 3. The largest absolute Gasteiger partial charge is 0.490 e. The molecule has 0 atom stereocenters. The van der Waals surface area contributed by atoms with E-state index >= 15 is 0 Å². The summed E-state index contributed by atoms with van der Waals surface area (Å²) < 4.78 is 82.4. The zero-order valence-corrected chi connectivity index (χ0v) is 20.0. The summed E-state index contributed by atoms with van der Waals surface area (Å²) in [5.74, 6) is -2.48. The smallest absolute Gasteiger partial charge is 0.475 e. The van der Waals surface area contributed by atoms with Gasteiger partial charge >= 0.3 is 17.8 Å². The molecular formula is C21H20F5N5O5S. The average molecular weight is 549 g/mol. The van der Waals surface area contributed by atoms with E-state index in [4.69, 9.17) is 15.6 Å². The monoisotopic (exact) mass is 549 g/mol. The van der Waals surface area contributed by atoms with Crippen LogP contribution in [-0.4, -0.2) is 58.2 Å². The van der Waals surface area contributed by atoms with Crippen LogP contribution in [0.4, 0.5) is 22.0 Å². The molecule has 0 saturated carbocycles. The maximum Gasteiger partial charge on any atom is 0.490 e. The third-order valence-electron chi connectivity index (χ3n) is 4.73. The molecule has 0 amide bonds. The van der Waals surface area contributed by atoms with E-state index in [9.17, 15) is 35.2 Å². The Kier molecular flexibility index (Phi) is 9.05. The van der Waals surface area contributed by atoms with Crippen molar-refractivity contribution in [2.45, 2.75) is 24.4 Å². The topological polar surface area (TPSA) is 161 Å². The Morgan fingerprint density at radius 1 is 1.19 bits per heavy atom. The van der Waals surface area contributed by atoms with Gasteiger partial charge in [0.2, 0.25) is 0 Å². The van der Waals surface area contributed by atoms with E-state index in [0.717, 1.165) is 10.8 Å². The molecule has 10 nitrogen and oxygen atoms in total.